The predicted octanol–water partition coefficient (Wildman–Crippen LogP) is 1.29. The van der Waals surface area contributed by atoms with E-state index in [1.807, 2.05) is 6.92 Å². The van der Waals surface area contributed by atoms with Gasteiger partial charge in [0.2, 0.25) is 0 Å². The Balaban J connectivity index is 2.88. The standard InChI is InChI=1S/C12H17N3O4/c1-3-19-8-7-14(2)12(16)9-5-4-6-10(11(9)13)15(17)18/h4-6H,3,7-8,13H2,1-2H3. The third-order valence-corrected chi connectivity index (χ3v) is 2.63. The topological polar surface area (TPSA) is 98.7 Å². The Labute approximate surface area is 111 Å². The van der Waals surface area contributed by atoms with Gasteiger partial charge in [0.25, 0.3) is 11.6 Å². The predicted molar refractivity (Wildman–Crippen MR) is 71.0 cm³/mol. The lowest BCUT2D eigenvalue weighted by Gasteiger charge is -2.17. The van der Waals surface area contributed by atoms with Crippen LogP contribution in [0.1, 0.15) is 17.3 Å². The Morgan fingerprint density at radius 1 is 1.53 bits per heavy atom. The Morgan fingerprint density at radius 2 is 2.21 bits per heavy atom. The minimum Gasteiger partial charge on any atom is -0.393 e. The van der Waals surface area contributed by atoms with E-state index in [0.717, 1.165) is 0 Å². The number of carbonyl (C=O) groups excluding carboxylic acids is 1. The van der Waals surface area contributed by atoms with Crippen molar-refractivity contribution >= 4 is 17.3 Å². The van der Waals surface area contributed by atoms with E-state index in [4.69, 9.17) is 10.5 Å². The van der Waals surface area contributed by atoms with Crippen molar-refractivity contribution in [1.29, 1.82) is 0 Å². The molecular weight excluding hydrogens is 250 g/mol. The maximum atomic E-state index is 12.1. The highest BCUT2D eigenvalue weighted by atomic mass is 16.6. The zero-order valence-electron chi connectivity index (χ0n) is 11.0. The third kappa shape index (κ3) is 3.65. The highest BCUT2D eigenvalue weighted by Crippen LogP contribution is 2.25. The zero-order valence-corrected chi connectivity index (χ0v) is 11.0. The van der Waals surface area contributed by atoms with E-state index in [-0.39, 0.29) is 22.8 Å². The minimum atomic E-state index is -0.605. The summed E-state index contributed by atoms with van der Waals surface area (Å²) in [5, 5.41) is 10.8. The first-order chi connectivity index (χ1) is 8.99. The lowest BCUT2D eigenvalue weighted by Crippen LogP contribution is -2.30. The van der Waals surface area contributed by atoms with E-state index in [1.165, 1.54) is 23.1 Å². The first-order valence-corrected chi connectivity index (χ1v) is 5.85. The molecule has 19 heavy (non-hydrogen) atoms. The van der Waals surface area contributed by atoms with Gasteiger partial charge in [0.1, 0.15) is 5.69 Å². The average molecular weight is 267 g/mol. The van der Waals surface area contributed by atoms with Gasteiger partial charge in [-0.1, -0.05) is 6.07 Å². The van der Waals surface area contributed by atoms with Crippen molar-refractivity contribution in [3.05, 3.63) is 33.9 Å². The molecule has 0 aliphatic rings. The number of para-hydroxylation sites is 1. The fourth-order valence-electron chi connectivity index (χ4n) is 1.55. The second-order valence-electron chi connectivity index (χ2n) is 3.92. The number of hydrogen-bond donors (Lipinski definition) is 1. The second kappa shape index (κ2) is 6.69. The lowest BCUT2D eigenvalue weighted by atomic mass is 10.1. The van der Waals surface area contributed by atoms with E-state index < -0.39 is 4.92 Å². The maximum absolute atomic E-state index is 12.1. The van der Waals surface area contributed by atoms with Crippen molar-refractivity contribution in [2.24, 2.45) is 0 Å². The summed E-state index contributed by atoms with van der Waals surface area (Å²) in [6, 6.07) is 4.19. The molecule has 0 radical (unpaired) electrons. The van der Waals surface area contributed by atoms with Crippen LogP contribution in [0.3, 0.4) is 0 Å². The minimum absolute atomic E-state index is 0.110. The fourth-order valence-corrected chi connectivity index (χ4v) is 1.55. The molecule has 1 aromatic rings. The number of nitro benzene ring substituents is 1. The van der Waals surface area contributed by atoms with E-state index in [9.17, 15) is 14.9 Å². The summed E-state index contributed by atoms with van der Waals surface area (Å²) >= 11 is 0. The second-order valence-corrected chi connectivity index (χ2v) is 3.92. The molecule has 1 aromatic carbocycles. The zero-order chi connectivity index (χ0) is 14.4. The van der Waals surface area contributed by atoms with Gasteiger partial charge < -0.3 is 15.4 Å². The number of carbonyl (C=O) groups is 1. The van der Waals surface area contributed by atoms with Crippen molar-refractivity contribution in [2.45, 2.75) is 6.92 Å². The summed E-state index contributed by atoms with van der Waals surface area (Å²) in [4.78, 5) is 23.7. The van der Waals surface area contributed by atoms with Crippen molar-refractivity contribution in [2.75, 3.05) is 32.5 Å². The first-order valence-electron chi connectivity index (χ1n) is 5.85. The molecule has 2 N–H and O–H groups in total. The fraction of sp³-hybridized carbons (Fsp3) is 0.417. The normalized spacial score (nSPS) is 10.2. The van der Waals surface area contributed by atoms with Gasteiger partial charge >= 0.3 is 0 Å². The molecule has 7 nitrogen and oxygen atoms in total. The van der Waals surface area contributed by atoms with E-state index in [2.05, 4.69) is 0 Å². The molecule has 0 aliphatic carbocycles. The lowest BCUT2D eigenvalue weighted by molar-refractivity contribution is -0.383. The summed E-state index contributed by atoms with van der Waals surface area (Å²) in [5.41, 5.74) is 5.42. The smallest absolute Gasteiger partial charge is 0.292 e. The van der Waals surface area contributed by atoms with Crippen molar-refractivity contribution in [3.63, 3.8) is 0 Å². The number of anilines is 1. The third-order valence-electron chi connectivity index (χ3n) is 2.63. The van der Waals surface area contributed by atoms with Crippen molar-refractivity contribution in [1.82, 2.24) is 4.90 Å². The van der Waals surface area contributed by atoms with Crippen LogP contribution < -0.4 is 5.73 Å². The van der Waals surface area contributed by atoms with Crippen molar-refractivity contribution < 1.29 is 14.5 Å². The summed E-state index contributed by atoms with van der Waals surface area (Å²) in [6.45, 7) is 3.24. The van der Waals surface area contributed by atoms with E-state index >= 15 is 0 Å². The summed E-state index contributed by atoms with van der Waals surface area (Å²) < 4.78 is 5.15. The molecule has 0 fully saturated rings. The van der Waals surface area contributed by atoms with Gasteiger partial charge in [0, 0.05) is 26.3 Å². The Morgan fingerprint density at radius 3 is 2.79 bits per heavy atom. The number of ether oxygens (including phenoxy) is 1. The van der Waals surface area contributed by atoms with Crippen LogP contribution in [0.15, 0.2) is 18.2 Å². The Kier molecular flexibility index (Phi) is 5.25. The Bertz CT molecular complexity index is 476. The molecular formula is C12H17N3O4. The highest BCUT2D eigenvalue weighted by Gasteiger charge is 2.21. The van der Waals surface area contributed by atoms with Gasteiger partial charge in [0.15, 0.2) is 0 Å². The number of likely N-dealkylation sites (N-methyl/N-ethyl adjacent to an activating group) is 1. The number of hydrogen-bond acceptors (Lipinski definition) is 5. The number of nitro groups is 1. The molecule has 0 bridgehead atoms. The highest BCUT2D eigenvalue weighted by molar-refractivity contribution is 6.00. The summed E-state index contributed by atoms with van der Waals surface area (Å²) in [5.74, 6) is -0.360. The molecule has 0 saturated heterocycles. The van der Waals surface area contributed by atoms with Crippen LogP contribution in [0.2, 0.25) is 0 Å². The number of nitrogens with zero attached hydrogens (tertiary/aromatic N) is 2. The largest absolute Gasteiger partial charge is 0.393 e. The molecule has 1 rings (SSSR count). The molecule has 1 amide bonds. The number of rotatable bonds is 6. The number of amides is 1. The van der Waals surface area contributed by atoms with Crippen LogP contribution in [-0.2, 0) is 4.74 Å². The summed E-state index contributed by atoms with van der Waals surface area (Å²) in [6.07, 6.45) is 0. The molecule has 0 aromatic heterocycles. The Hall–Kier alpha value is -2.15. The van der Waals surface area contributed by atoms with Crippen molar-refractivity contribution in [3.8, 4) is 0 Å². The molecule has 104 valence electrons. The van der Waals surface area contributed by atoms with E-state index in [1.54, 1.807) is 7.05 Å². The number of benzene rings is 1. The van der Waals surface area contributed by atoms with Gasteiger partial charge in [-0.25, -0.2) is 0 Å². The van der Waals surface area contributed by atoms with Gasteiger partial charge in [0.05, 0.1) is 17.1 Å². The van der Waals surface area contributed by atoms with Gasteiger partial charge in [-0.05, 0) is 13.0 Å². The molecule has 0 heterocycles. The van der Waals surface area contributed by atoms with Crippen LogP contribution in [0.4, 0.5) is 11.4 Å². The van der Waals surface area contributed by atoms with Crippen LogP contribution in [0.25, 0.3) is 0 Å². The van der Waals surface area contributed by atoms with Gasteiger partial charge in [-0.2, -0.15) is 0 Å². The van der Waals surface area contributed by atoms with E-state index in [0.29, 0.717) is 19.8 Å². The van der Waals surface area contributed by atoms with Gasteiger partial charge in [-0.15, -0.1) is 0 Å². The quantitative estimate of drug-likeness (QED) is 0.362. The van der Waals surface area contributed by atoms with Crippen LogP contribution in [-0.4, -0.2) is 42.5 Å². The monoisotopic (exact) mass is 267 g/mol. The molecule has 7 heteroatoms. The van der Waals surface area contributed by atoms with Gasteiger partial charge in [-0.3, -0.25) is 14.9 Å². The van der Waals surface area contributed by atoms with Crippen LogP contribution >= 0.6 is 0 Å². The maximum Gasteiger partial charge on any atom is 0.292 e. The molecule has 0 saturated carbocycles. The first kappa shape index (κ1) is 14.9. The molecule has 0 atom stereocenters. The van der Waals surface area contributed by atoms with Crippen LogP contribution in [0.5, 0.6) is 0 Å². The molecule has 0 spiro atoms. The van der Waals surface area contributed by atoms with Crippen LogP contribution in [0, 0.1) is 10.1 Å². The SMILES string of the molecule is CCOCCN(C)C(=O)c1cccc([N+](=O)[O-])c1N. The number of nitrogen functional groups attached to an aromatic ring is 1. The number of nitrogens with two attached hydrogens (primary N) is 1. The molecule has 0 aliphatic heterocycles. The average Bonchev–Trinajstić information content (AvgIpc) is 2.38. The molecule has 0 unspecified atom stereocenters. The summed E-state index contributed by atoms with van der Waals surface area (Å²) in [7, 11) is 1.60.